The molecule has 1 saturated heterocycles. The average Bonchev–Trinajstić information content (AvgIpc) is 2.78. The summed E-state index contributed by atoms with van der Waals surface area (Å²) in [7, 11) is 0. The maximum atomic E-state index is 5.89. The van der Waals surface area contributed by atoms with Gasteiger partial charge < -0.3 is 4.74 Å². The van der Waals surface area contributed by atoms with Gasteiger partial charge in [0.25, 0.3) is 0 Å². The summed E-state index contributed by atoms with van der Waals surface area (Å²) in [6.45, 7) is 8.49. The molecule has 3 heterocycles. The molecule has 2 aromatic heterocycles. The summed E-state index contributed by atoms with van der Waals surface area (Å²) in [6, 6.07) is 8.17. The van der Waals surface area contributed by atoms with Crippen molar-refractivity contribution >= 4 is 0 Å². The summed E-state index contributed by atoms with van der Waals surface area (Å²) in [5.41, 5.74) is 3.37. The van der Waals surface area contributed by atoms with Crippen molar-refractivity contribution in [2.24, 2.45) is 0 Å². The van der Waals surface area contributed by atoms with E-state index in [4.69, 9.17) is 4.74 Å². The van der Waals surface area contributed by atoms with Gasteiger partial charge in [0, 0.05) is 31.5 Å². The molecule has 0 saturated carbocycles. The van der Waals surface area contributed by atoms with E-state index in [0.29, 0.717) is 0 Å². The molecule has 21 heavy (non-hydrogen) atoms. The molecule has 0 aliphatic carbocycles. The van der Waals surface area contributed by atoms with Crippen molar-refractivity contribution in [2.75, 3.05) is 19.7 Å². The molecule has 5 heteroatoms. The second-order valence-electron chi connectivity index (χ2n) is 5.66. The Morgan fingerprint density at radius 2 is 2.24 bits per heavy atom. The summed E-state index contributed by atoms with van der Waals surface area (Å²) in [5.74, 6) is 0. The van der Waals surface area contributed by atoms with Crippen LogP contribution in [0.2, 0.25) is 0 Å². The van der Waals surface area contributed by atoms with Crippen LogP contribution in [0.15, 0.2) is 30.5 Å². The van der Waals surface area contributed by atoms with Crippen molar-refractivity contribution in [3.63, 3.8) is 0 Å². The van der Waals surface area contributed by atoms with E-state index in [9.17, 15) is 0 Å². The van der Waals surface area contributed by atoms with Crippen LogP contribution < -0.4 is 0 Å². The van der Waals surface area contributed by atoms with Crippen molar-refractivity contribution < 1.29 is 4.74 Å². The third-order valence-electron chi connectivity index (χ3n) is 3.81. The minimum Gasteiger partial charge on any atom is -0.374 e. The third-order valence-corrected chi connectivity index (χ3v) is 3.81. The van der Waals surface area contributed by atoms with Gasteiger partial charge in [-0.15, -0.1) is 0 Å². The zero-order valence-corrected chi connectivity index (χ0v) is 12.7. The van der Waals surface area contributed by atoms with Crippen molar-refractivity contribution in [1.29, 1.82) is 0 Å². The SMILES string of the molecule is Cc1cc(C)n(CC2CN(Cc3ccccn3)CCO2)n1. The van der Waals surface area contributed by atoms with Crippen LogP contribution >= 0.6 is 0 Å². The molecule has 1 aliphatic heterocycles. The van der Waals surface area contributed by atoms with Crippen LogP contribution in [0.25, 0.3) is 0 Å². The molecule has 112 valence electrons. The zero-order valence-electron chi connectivity index (χ0n) is 12.7. The molecule has 2 aromatic rings. The van der Waals surface area contributed by atoms with E-state index < -0.39 is 0 Å². The lowest BCUT2D eigenvalue weighted by molar-refractivity contribution is -0.0408. The molecule has 0 spiro atoms. The van der Waals surface area contributed by atoms with Gasteiger partial charge >= 0.3 is 0 Å². The third kappa shape index (κ3) is 3.68. The van der Waals surface area contributed by atoms with Gasteiger partial charge in [-0.2, -0.15) is 5.10 Å². The number of ether oxygens (including phenoxy) is 1. The number of rotatable bonds is 4. The van der Waals surface area contributed by atoms with Gasteiger partial charge in [0.2, 0.25) is 0 Å². The molecule has 1 unspecified atom stereocenters. The van der Waals surface area contributed by atoms with Gasteiger partial charge in [0.15, 0.2) is 0 Å². The molecule has 0 N–H and O–H groups in total. The highest BCUT2D eigenvalue weighted by molar-refractivity contribution is 5.07. The van der Waals surface area contributed by atoms with Gasteiger partial charge in [-0.25, -0.2) is 0 Å². The number of hydrogen-bond acceptors (Lipinski definition) is 4. The molecular formula is C16H22N4O. The fourth-order valence-electron chi connectivity index (χ4n) is 2.81. The van der Waals surface area contributed by atoms with Crippen LogP contribution in [-0.2, 0) is 17.8 Å². The Morgan fingerprint density at radius 1 is 1.33 bits per heavy atom. The topological polar surface area (TPSA) is 43.2 Å². The lowest BCUT2D eigenvalue weighted by Crippen LogP contribution is -2.44. The molecular weight excluding hydrogens is 264 g/mol. The first-order chi connectivity index (χ1) is 10.2. The summed E-state index contributed by atoms with van der Waals surface area (Å²) in [5, 5.41) is 4.52. The summed E-state index contributed by atoms with van der Waals surface area (Å²) in [6.07, 6.45) is 2.05. The Kier molecular flexibility index (Phi) is 4.31. The first kappa shape index (κ1) is 14.2. The number of morpholine rings is 1. The smallest absolute Gasteiger partial charge is 0.0898 e. The number of aromatic nitrogens is 3. The molecule has 1 aliphatic rings. The lowest BCUT2D eigenvalue weighted by atomic mass is 10.2. The van der Waals surface area contributed by atoms with E-state index in [1.807, 2.05) is 29.9 Å². The second kappa shape index (κ2) is 6.37. The van der Waals surface area contributed by atoms with Crippen LogP contribution in [0.4, 0.5) is 0 Å². The Labute approximate surface area is 125 Å². The molecule has 0 radical (unpaired) electrons. The monoisotopic (exact) mass is 286 g/mol. The quantitative estimate of drug-likeness (QED) is 0.859. The van der Waals surface area contributed by atoms with E-state index in [1.54, 1.807) is 0 Å². The second-order valence-corrected chi connectivity index (χ2v) is 5.66. The fraction of sp³-hybridized carbons (Fsp3) is 0.500. The van der Waals surface area contributed by atoms with Gasteiger partial charge in [0.05, 0.1) is 30.6 Å². The van der Waals surface area contributed by atoms with Crippen molar-refractivity contribution in [2.45, 2.75) is 33.0 Å². The normalized spacial score (nSPS) is 19.8. The largest absolute Gasteiger partial charge is 0.374 e. The Bertz CT molecular complexity index is 581. The van der Waals surface area contributed by atoms with Crippen LogP contribution in [0, 0.1) is 13.8 Å². The van der Waals surface area contributed by atoms with Crippen LogP contribution in [-0.4, -0.2) is 45.5 Å². The van der Waals surface area contributed by atoms with Crippen molar-refractivity contribution in [1.82, 2.24) is 19.7 Å². The maximum Gasteiger partial charge on any atom is 0.0898 e. The molecule has 3 rings (SSSR count). The standard InChI is InChI=1S/C16H22N4O/c1-13-9-14(2)20(18-13)12-16-11-19(7-8-21-16)10-15-5-3-4-6-17-15/h3-6,9,16H,7-8,10-12H2,1-2H3. The van der Waals surface area contributed by atoms with Crippen LogP contribution in [0.1, 0.15) is 17.1 Å². The van der Waals surface area contributed by atoms with E-state index >= 15 is 0 Å². The molecule has 0 bridgehead atoms. The fourth-order valence-corrected chi connectivity index (χ4v) is 2.81. The Morgan fingerprint density at radius 3 is 2.95 bits per heavy atom. The number of pyridine rings is 1. The Balaban J connectivity index is 1.59. The lowest BCUT2D eigenvalue weighted by Gasteiger charge is -2.32. The first-order valence-electron chi connectivity index (χ1n) is 7.45. The van der Waals surface area contributed by atoms with E-state index in [-0.39, 0.29) is 6.10 Å². The molecule has 0 aromatic carbocycles. The highest BCUT2D eigenvalue weighted by Crippen LogP contribution is 2.12. The van der Waals surface area contributed by atoms with Gasteiger partial charge in [-0.3, -0.25) is 14.6 Å². The summed E-state index contributed by atoms with van der Waals surface area (Å²) >= 11 is 0. The van der Waals surface area contributed by atoms with Crippen molar-refractivity contribution in [3.8, 4) is 0 Å². The minimum atomic E-state index is 0.195. The number of nitrogens with zero attached hydrogens (tertiary/aromatic N) is 4. The molecule has 0 amide bonds. The molecule has 5 nitrogen and oxygen atoms in total. The van der Waals surface area contributed by atoms with Gasteiger partial charge in [-0.1, -0.05) is 6.07 Å². The summed E-state index contributed by atoms with van der Waals surface area (Å²) in [4.78, 5) is 6.80. The average molecular weight is 286 g/mol. The predicted molar refractivity (Wildman–Crippen MR) is 81.0 cm³/mol. The first-order valence-corrected chi connectivity index (χ1v) is 7.45. The molecule has 1 fully saturated rings. The van der Waals surface area contributed by atoms with Gasteiger partial charge in [0.1, 0.15) is 0 Å². The maximum absolute atomic E-state index is 5.89. The minimum absolute atomic E-state index is 0.195. The van der Waals surface area contributed by atoms with E-state index in [2.05, 4.69) is 34.0 Å². The molecule has 1 atom stereocenters. The summed E-state index contributed by atoms with van der Waals surface area (Å²) < 4.78 is 7.94. The predicted octanol–water partition coefficient (Wildman–Crippen LogP) is 1.80. The van der Waals surface area contributed by atoms with Crippen LogP contribution in [0.3, 0.4) is 0 Å². The highest BCUT2D eigenvalue weighted by Gasteiger charge is 2.22. The van der Waals surface area contributed by atoms with Gasteiger partial charge in [-0.05, 0) is 32.0 Å². The van der Waals surface area contributed by atoms with E-state index in [0.717, 1.165) is 44.2 Å². The number of aryl methyl sites for hydroxylation is 2. The van der Waals surface area contributed by atoms with Crippen LogP contribution in [0.5, 0.6) is 0 Å². The number of hydrogen-bond donors (Lipinski definition) is 0. The Hall–Kier alpha value is -1.72. The van der Waals surface area contributed by atoms with E-state index in [1.165, 1.54) is 5.69 Å². The van der Waals surface area contributed by atoms with Crippen molar-refractivity contribution in [3.05, 3.63) is 47.5 Å². The highest BCUT2D eigenvalue weighted by atomic mass is 16.5. The zero-order chi connectivity index (χ0) is 14.7.